The Hall–Kier alpha value is -2.37. The van der Waals surface area contributed by atoms with E-state index in [9.17, 15) is 14.4 Å². The average Bonchev–Trinajstić information content (AvgIpc) is 2.57. The van der Waals surface area contributed by atoms with Crippen molar-refractivity contribution in [3.8, 4) is 0 Å². The number of ether oxygens (including phenoxy) is 3. The second-order valence-corrected chi connectivity index (χ2v) is 6.92. The molecule has 0 radical (unpaired) electrons. The van der Waals surface area contributed by atoms with E-state index in [1.54, 1.807) is 0 Å². The Labute approximate surface area is 161 Å². The van der Waals surface area contributed by atoms with Crippen molar-refractivity contribution in [2.24, 2.45) is 5.92 Å². The van der Waals surface area contributed by atoms with Crippen LogP contribution in [0.3, 0.4) is 0 Å². The van der Waals surface area contributed by atoms with E-state index in [1.165, 1.54) is 26.3 Å². The molecule has 0 unspecified atom stereocenters. The van der Waals surface area contributed by atoms with Crippen LogP contribution in [-0.4, -0.2) is 36.2 Å². The van der Waals surface area contributed by atoms with Crippen LogP contribution in [0.2, 0.25) is 0 Å². The molecular formula is C21H30O6. The summed E-state index contributed by atoms with van der Waals surface area (Å²) in [7, 11) is 0. The highest BCUT2D eigenvalue weighted by molar-refractivity contribution is 5.68. The molecule has 6 heteroatoms. The summed E-state index contributed by atoms with van der Waals surface area (Å²) in [6.07, 6.45) is -0.243. The van der Waals surface area contributed by atoms with Crippen molar-refractivity contribution in [2.75, 3.05) is 0 Å². The van der Waals surface area contributed by atoms with Crippen LogP contribution in [0.4, 0.5) is 0 Å². The Balaban J connectivity index is 2.96. The van der Waals surface area contributed by atoms with Crippen molar-refractivity contribution in [3.63, 3.8) is 0 Å². The fourth-order valence-corrected chi connectivity index (χ4v) is 2.98. The minimum Gasteiger partial charge on any atom is -0.458 e. The van der Waals surface area contributed by atoms with E-state index in [0.717, 1.165) is 12.8 Å². The molecule has 0 aliphatic heterocycles. The average molecular weight is 378 g/mol. The van der Waals surface area contributed by atoms with Gasteiger partial charge in [-0.2, -0.15) is 0 Å². The van der Waals surface area contributed by atoms with Gasteiger partial charge in [0.25, 0.3) is 0 Å². The predicted molar refractivity (Wildman–Crippen MR) is 101 cm³/mol. The molecule has 0 heterocycles. The summed E-state index contributed by atoms with van der Waals surface area (Å²) in [4.78, 5) is 34.8. The zero-order chi connectivity index (χ0) is 20.4. The molecule has 0 saturated carbocycles. The lowest BCUT2D eigenvalue weighted by Crippen LogP contribution is -2.47. The van der Waals surface area contributed by atoms with E-state index in [2.05, 4.69) is 0 Å². The highest BCUT2D eigenvalue weighted by Gasteiger charge is 2.38. The van der Waals surface area contributed by atoms with Gasteiger partial charge in [0, 0.05) is 20.8 Å². The standard InChI is InChI=1S/C21H30O6/c1-14(2)20(26-16(4)23)21(27-17(5)24)19(25-15(3)22)13-9-12-18-10-7-6-8-11-18/h6-8,10-11,14,19-21H,9,12-13H2,1-5H3/t19-,20-,21-/m0/s1. The van der Waals surface area contributed by atoms with Crippen molar-refractivity contribution in [3.05, 3.63) is 35.9 Å². The smallest absolute Gasteiger partial charge is 0.303 e. The van der Waals surface area contributed by atoms with Gasteiger partial charge in [-0.05, 0) is 30.7 Å². The van der Waals surface area contributed by atoms with Crippen LogP contribution in [0.5, 0.6) is 0 Å². The summed E-state index contributed by atoms with van der Waals surface area (Å²) in [5.74, 6) is -1.58. The Kier molecular flexibility index (Phi) is 9.54. The molecular weight excluding hydrogens is 348 g/mol. The van der Waals surface area contributed by atoms with Gasteiger partial charge in [-0.15, -0.1) is 0 Å². The molecule has 27 heavy (non-hydrogen) atoms. The summed E-state index contributed by atoms with van der Waals surface area (Å²) in [5.41, 5.74) is 1.17. The van der Waals surface area contributed by atoms with E-state index >= 15 is 0 Å². The van der Waals surface area contributed by atoms with E-state index in [4.69, 9.17) is 14.2 Å². The lowest BCUT2D eigenvalue weighted by atomic mass is 9.93. The van der Waals surface area contributed by atoms with Gasteiger partial charge in [0.15, 0.2) is 6.10 Å². The maximum atomic E-state index is 11.6. The van der Waals surface area contributed by atoms with Gasteiger partial charge < -0.3 is 14.2 Å². The molecule has 0 amide bonds. The number of benzene rings is 1. The first-order valence-corrected chi connectivity index (χ1v) is 9.26. The number of hydrogen-bond donors (Lipinski definition) is 0. The van der Waals surface area contributed by atoms with Crippen molar-refractivity contribution in [1.29, 1.82) is 0 Å². The minimum atomic E-state index is -0.855. The Morgan fingerprint density at radius 3 is 1.81 bits per heavy atom. The van der Waals surface area contributed by atoms with E-state index in [0.29, 0.717) is 6.42 Å². The monoisotopic (exact) mass is 378 g/mol. The van der Waals surface area contributed by atoms with Crippen LogP contribution in [0.25, 0.3) is 0 Å². The number of rotatable bonds is 10. The lowest BCUT2D eigenvalue weighted by Gasteiger charge is -2.34. The van der Waals surface area contributed by atoms with Crippen LogP contribution < -0.4 is 0 Å². The first-order valence-electron chi connectivity index (χ1n) is 9.26. The third-order valence-electron chi connectivity index (χ3n) is 4.07. The predicted octanol–water partition coefficient (Wildman–Crippen LogP) is 3.46. The molecule has 6 nitrogen and oxygen atoms in total. The zero-order valence-electron chi connectivity index (χ0n) is 16.8. The minimum absolute atomic E-state index is 0.120. The third-order valence-corrected chi connectivity index (χ3v) is 4.07. The molecule has 0 aliphatic carbocycles. The number of aryl methyl sites for hydroxylation is 1. The van der Waals surface area contributed by atoms with Crippen molar-refractivity contribution in [2.45, 2.75) is 72.2 Å². The summed E-state index contributed by atoms with van der Waals surface area (Å²) in [6, 6.07) is 9.95. The molecule has 0 bridgehead atoms. The molecule has 0 saturated heterocycles. The number of carbonyl (C=O) groups excluding carboxylic acids is 3. The van der Waals surface area contributed by atoms with Crippen molar-refractivity contribution >= 4 is 17.9 Å². The van der Waals surface area contributed by atoms with Crippen molar-refractivity contribution in [1.82, 2.24) is 0 Å². The van der Waals surface area contributed by atoms with Gasteiger partial charge in [-0.1, -0.05) is 44.2 Å². The Bertz CT molecular complexity index is 610. The number of carbonyl (C=O) groups is 3. The first kappa shape index (κ1) is 22.7. The van der Waals surface area contributed by atoms with Crippen LogP contribution in [0.1, 0.15) is 53.0 Å². The van der Waals surface area contributed by atoms with E-state index in [1.807, 2.05) is 44.2 Å². The molecule has 0 fully saturated rings. The number of hydrogen-bond acceptors (Lipinski definition) is 6. The number of esters is 3. The third kappa shape index (κ3) is 8.71. The molecule has 0 spiro atoms. The first-order chi connectivity index (χ1) is 12.7. The summed E-state index contributed by atoms with van der Waals surface area (Å²) < 4.78 is 16.3. The highest BCUT2D eigenvalue weighted by atomic mass is 16.6. The van der Waals surface area contributed by atoms with Crippen LogP contribution >= 0.6 is 0 Å². The Morgan fingerprint density at radius 1 is 0.815 bits per heavy atom. The van der Waals surface area contributed by atoms with Gasteiger partial charge >= 0.3 is 17.9 Å². The summed E-state index contributed by atoms with van der Waals surface area (Å²) in [6.45, 7) is 7.62. The molecule has 0 aromatic heterocycles. The second-order valence-electron chi connectivity index (χ2n) is 6.92. The highest BCUT2D eigenvalue weighted by Crippen LogP contribution is 2.23. The zero-order valence-corrected chi connectivity index (χ0v) is 16.8. The largest absolute Gasteiger partial charge is 0.458 e. The van der Waals surface area contributed by atoms with Crippen molar-refractivity contribution < 1.29 is 28.6 Å². The topological polar surface area (TPSA) is 78.9 Å². The molecule has 0 aliphatic rings. The van der Waals surface area contributed by atoms with E-state index in [-0.39, 0.29) is 5.92 Å². The maximum Gasteiger partial charge on any atom is 0.303 e. The van der Waals surface area contributed by atoms with Gasteiger partial charge in [0.1, 0.15) is 12.2 Å². The molecule has 1 aromatic rings. The van der Waals surface area contributed by atoms with Gasteiger partial charge in [-0.3, -0.25) is 14.4 Å². The molecule has 0 N–H and O–H groups in total. The normalized spacial score (nSPS) is 14.1. The summed E-state index contributed by atoms with van der Waals surface area (Å²) >= 11 is 0. The second kappa shape index (κ2) is 11.4. The molecule has 1 aromatic carbocycles. The van der Waals surface area contributed by atoms with Crippen LogP contribution in [-0.2, 0) is 35.0 Å². The van der Waals surface area contributed by atoms with Crippen LogP contribution in [0, 0.1) is 5.92 Å². The van der Waals surface area contributed by atoms with Gasteiger partial charge in [0.05, 0.1) is 0 Å². The quantitative estimate of drug-likeness (QED) is 0.458. The lowest BCUT2D eigenvalue weighted by molar-refractivity contribution is -0.187. The van der Waals surface area contributed by atoms with Gasteiger partial charge in [-0.25, -0.2) is 0 Å². The van der Waals surface area contributed by atoms with Gasteiger partial charge in [0.2, 0.25) is 0 Å². The fourth-order valence-electron chi connectivity index (χ4n) is 2.98. The summed E-state index contributed by atoms with van der Waals surface area (Å²) in [5, 5.41) is 0. The molecule has 1 rings (SSSR count). The molecule has 3 atom stereocenters. The molecule has 150 valence electrons. The SMILES string of the molecule is CC(=O)O[C@@H]([C@H](CCCc1ccccc1)OC(C)=O)[C@@H](OC(C)=O)C(C)C. The maximum absolute atomic E-state index is 11.6. The van der Waals surface area contributed by atoms with Crippen LogP contribution in [0.15, 0.2) is 30.3 Å². The fraction of sp³-hybridized carbons (Fsp3) is 0.571. The van der Waals surface area contributed by atoms with E-state index < -0.39 is 36.2 Å². The Morgan fingerprint density at radius 2 is 1.33 bits per heavy atom.